The number of carbonyl (C=O) groups excluding carboxylic acids is 1. The van der Waals surface area contributed by atoms with Crippen LogP contribution in [0.15, 0.2) is 36.5 Å². The lowest BCUT2D eigenvalue weighted by Gasteiger charge is -2.02. The molecule has 0 atom stereocenters. The molecule has 2 N–H and O–H groups in total. The largest absolute Gasteiger partial charge is 0.478 e. The van der Waals surface area contributed by atoms with Gasteiger partial charge in [0.2, 0.25) is 0 Å². The summed E-state index contributed by atoms with van der Waals surface area (Å²) in [5.74, 6) is -1.26. The zero-order valence-corrected chi connectivity index (χ0v) is 11.5. The van der Waals surface area contributed by atoms with Gasteiger partial charge < -0.3 is 10.4 Å². The number of carbonyl (C=O) groups is 2. The second kappa shape index (κ2) is 6.12. The van der Waals surface area contributed by atoms with Gasteiger partial charge in [-0.05, 0) is 37.3 Å². The molecule has 2 aromatic heterocycles. The van der Waals surface area contributed by atoms with E-state index in [9.17, 15) is 9.59 Å². The molecule has 0 bridgehead atoms. The second-order valence-corrected chi connectivity index (χ2v) is 5.13. The Bertz CT molecular complexity index is 659. The number of aromatic nitrogens is 1. The fraction of sp³-hybridized carbons (Fsp3) is 0.0714. The smallest absolute Gasteiger partial charge is 0.328 e. The van der Waals surface area contributed by atoms with Crippen molar-refractivity contribution in [2.75, 3.05) is 5.32 Å². The molecule has 6 heteroatoms. The maximum atomic E-state index is 12.0. The standard InChI is InChI=1S/C14H12N2O3S/c1-9-2-3-10(8-15-9)16-14(19)12-6-4-11(20-12)5-7-13(17)18/h2-8H,1H3,(H,16,19)(H,17,18)/b7-5+. The van der Waals surface area contributed by atoms with E-state index in [0.717, 1.165) is 11.8 Å². The molecule has 0 aliphatic carbocycles. The number of nitrogens with zero attached hydrogens (tertiary/aromatic N) is 1. The molecule has 102 valence electrons. The number of hydrogen-bond donors (Lipinski definition) is 2. The molecule has 1 amide bonds. The van der Waals surface area contributed by atoms with Crippen LogP contribution in [0.2, 0.25) is 0 Å². The van der Waals surface area contributed by atoms with Crippen molar-refractivity contribution in [2.45, 2.75) is 6.92 Å². The number of rotatable bonds is 4. The number of amides is 1. The van der Waals surface area contributed by atoms with Crippen molar-refractivity contribution >= 4 is 35.0 Å². The summed E-state index contributed by atoms with van der Waals surface area (Å²) in [6.07, 6.45) is 4.08. The molecule has 0 spiro atoms. The molecule has 2 rings (SSSR count). The first-order valence-electron chi connectivity index (χ1n) is 5.79. The third-order valence-electron chi connectivity index (χ3n) is 2.41. The highest BCUT2D eigenvalue weighted by atomic mass is 32.1. The van der Waals surface area contributed by atoms with Gasteiger partial charge in [-0.1, -0.05) is 0 Å². The quantitative estimate of drug-likeness (QED) is 0.848. The predicted molar refractivity (Wildman–Crippen MR) is 77.9 cm³/mol. The number of carboxylic acid groups (broad SMARTS) is 1. The Balaban J connectivity index is 2.06. The lowest BCUT2D eigenvalue weighted by molar-refractivity contribution is -0.131. The van der Waals surface area contributed by atoms with E-state index in [4.69, 9.17) is 5.11 Å². The number of pyridine rings is 1. The predicted octanol–water partition coefficient (Wildman–Crippen LogP) is 2.80. The number of thiophene rings is 1. The second-order valence-electron chi connectivity index (χ2n) is 4.02. The summed E-state index contributed by atoms with van der Waals surface area (Å²) in [6, 6.07) is 6.94. The average molecular weight is 288 g/mol. The SMILES string of the molecule is Cc1ccc(NC(=O)c2ccc(/C=C/C(=O)O)s2)cn1. The summed E-state index contributed by atoms with van der Waals surface area (Å²) in [6.45, 7) is 1.87. The van der Waals surface area contributed by atoms with Crippen LogP contribution in [0.4, 0.5) is 5.69 Å². The van der Waals surface area contributed by atoms with Crippen LogP contribution in [0.3, 0.4) is 0 Å². The molecule has 2 heterocycles. The van der Waals surface area contributed by atoms with Gasteiger partial charge in [-0.15, -0.1) is 11.3 Å². The fourth-order valence-corrected chi connectivity index (χ4v) is 2.26. The highest BCUT2D eigenvalue weighted by molar-refractivity contribution is 7.15. The molecular formula is C14H12N2O3S. The van der Waals surface area contributed by atoms with Crippen LogP contribution in [0.5, 0.6) is 0 Å². The summed E-state index contributed by atoms with van der Waals surface area (Å²) < 4.78 is 0. The van der Waals surface area contributed by atoms with E-state index in [2.05, 4.69) is 10.3 Å². The molecule has 0 aliphatic heterocycles. The van der Waals surface area contributed by atoms with E-state index >= 15 is 0 Å². The van der Waals surface area contributed by atoms with E-state index in [1.165, 1.54) is 17.4 Å². The zero-order chi connectivity index (χ0) is 14.5. The van der Waals surface area contributed by atoms with Crippen molar-refractivity contribution in [3.63, 3.8) is 0 Å². The Kier molecular flexibility index (Phi) is 4.27. The van der Waals surface area contributed by atoms with Crippen molar-refractivity contribution < 1.29 is 14.7 Å². The zero-order valence-electron chi connectivity index (χ0n) is 10.7. The Morgan fingerprint density at radius 3 is 2.75 bits per heavy atom. The first-order valence-corrected chi connectivity index (χ1v) is 6.61. The van der Waals surface area contributed by atoms with E-state index in [1.54, 1.807) is 24.4 Å². The van der Waals surface area contributed by atoms with Gasteiger partial charge in [0.15, 0.2) is 0 Å². The summed E-state index contributed by atoms with van der Waals surface area (Å²) in [4.78, 5) is 27.7. The average Bonchev–Trinajstić information content (AvgIpc) is 2.88. The lowest BCUT2D eigenvalue weighted by Crippen LogP contribution is -2.10. The van der Waals surface area contributed by atoms with E-state index in [1.807, 2.05) is 13.0 Å². The van der Waals surface area contributed by atoms with Crippen LogP contribution < -0.4 is 5.32 Å². The number of nitrogens with one attached hydrogen (secondary N) is 1. The molecule has 20 heavy (non-hydrogen) atoms. The Labute approximate surface area is 119 Å². The van der Waals surface area contributed by atoms with Crippen molar-refractivity contribution in [1.82, 2.24) is 4.98 Å². The summed E-state index contributed by atoms with van der Waals surface area (Å²) >= 11 is 1.22. The van der Waals surface area contributed by atoms with Crippen LogP contribution in [0, 0.1) is 6.92 Å². The molecule has 0 aromatic carbocycles. The molecule has 0 aliphatic rings. The number of aryl methyl sites for hydroxylation is 1. The van der Waals surface area contributed by atoms with Gasteiger partial charge in [-0.25, -0.2) is 4.79 Å². The summed E-state index contributed by atoms with van der Waals surface area (Å²) in [7, 11) is 0. The molecular weight excluding hydrogens is 276 g/mol. The van der Waals surface area contributed by atoms with Crippen LogP contribution in [-0.2, 0) is 4.79 Å². The third kappa shape index (κ3) is 3.76. The first kappa shape index (κ1) is 14.0. The highest BCUT2D eigenvalue weighted by Crippen LogP contribution is 2.19. The minimum Gasteiger partial charge on any atom is -0.478 e. The highest BCUT2D eigenvalue weighted by Gasteiger charge is 2.09. The molecule has 2 aromatic rings. The number of aliphatic carboxylic acids is 1. The normalized spacial score (nSPS) is 10.7. The van der Waals surface area contributed by atoms with Gasteiger partial charge in [0.05, 0.1) is 16.8 Å². The van der Waals surface area contributed by atoms with Gasteiger partial charge in [0.1, 0.15) is 0 Å². The van der Waals surface area contributed by atoms with Crippen LogP contribution >= 0.6 is 11.3 Å². The van der Waals surface area contributed by atoms with E-state index in [0.29, 0.717) is 15.4 Å². The van der Waals surface area contributed by atoms with Gasteiger partial charge in [0, 0.05) is 16.6 Å². The van der Waals surface area contributed by atoms with Gasteiger partial charge in [-0.3, -0.25) is 9.78 Å². The number of anilines is 1. The summed E-state index contributed by atoms with van der Waals surface area (Å²) in [5, 5.41) is 11.3. The minimum absolute atomic E-state index is 0.240. The maximum absolute atomic E-state index is 12.0. The topological polar surface area (TPSA) is 79.3 Å². The van der Waals surface area contributed by atoms with E-state index in [-0.39, 0.29) is 5.91 Å². The monoisotopic (exact) mass is 288 g/mol. The fourth-order valence-electron chi connectivity index (χ4n) is 1.45. The molecule has 0 unspecified atom stereocenters. The molecule has 5 nitrogen and oxygen atoms in total. The Morgan fingerprint density at radius 2 is 2.10 bits per heavy atom. The molecule has 0 fully saturated rings. The van der Waals surface area contributed by atoms with Gasteiger partial charge in [0.25, 0.3) is 5.91 Å². The molecule has 0 saturated heterocycles. The van der Waals surface area contributed by atoms with E-state index < -0.39 is 5.97 Å². The molecule has 0 radical (unpaired) electrons. The van der Waals surface area contributed by atoms with Crippen molar-refractivity contribution in [1.29, 1.82) is 0 Å². The first-order chi connectivity index (χ1) is 9.54. The van der Waals surface area contributed by atoms with Crippen molar-refractivity contribution in [3.05, 3.63) is 52.0 Å². The maximum Gasteiger partial charge on any atom is 0.328 e. The number of carboxylic acids is 1. The van der Waals surface area contributed by atoms with Crippen molar-refractivity contribution in [2.24, 2.45) is 0 Å². The third-order valence-corrected chi connectivity index (χ3v) is 3.46. The van der Waals surface area contributed by atoms with Gasteiger partial charge in [-0.2, -0.15) is 0 Å². The minimum atomic E-state index is -1.02. The lowest BCUT2D eigenvalue weighted by atomic mass is 10.3. The van der Waals surface area contributed by atoms with Crippen molar-refractivity contribution in [3.8, 4) is 0 Å². The number of hydrogen-bond acceptors (Lipinski definition) is 4. The van der Waals surface area contributed by atoms with Crippen LogP contribution in [0.1, 0.15) is 20.2 Å². The van der Waals surface area contributed by atoms with Crippen LogP contribution in [0.25, 0.3) is 6.08 Å². The Morgan fingerprint density at radius 1 is 1.30 bits per heavy atom. The van der Waals surface area contributed by atoms with Gasteiger partial charge >= 0.3 is 5.97 Å². The molecule has 0 saturated carbocycles. The Hall–Kier alpha value is -2.47. The summed E-state index contributed by atoms with van der Waals surface area (Å²) in [5.41, 5.74) is 1.50. The van der Waals surface area contributed by atoms with Crippen LogP contribution in [-0.4, -0.2) is 22.0 Å².